The Labute approximate surface area is 763 Å². The van der Waals surface area contributed by atoms with Crippen LogP contribution in [0.1, 0.15) is 105 Å². The van der Waals surface area contributed by atoms with E-state index in [2.05, 4.69) is 507 Å². The fourth-order valence-electron chi connectivity index (χ4n) is 21.3. The Morgan fingerprint density at radius 2 is 0.485 bits per heavy atom. The molecule has 5 nitrogen and oxygen atoms in total. The molecule has 0 saturated heterocycles. The minimum Gasteiger partial charge on any atom is -0.310 e. The molecule has 0 fully saturated rings. The fraction of sp³-hybridized carbons (Fsp3) is 0.129. The zero-order chi connectivity index (χ0) is 88.4. The Morgan fingerprint density at radius 3 is 0.862 bits per heavy atom. The van der Waals surface area contributed by atoms with Gasteiger partial charge in [0.15, 0.2) is 0 Å². The van der Waals surface area contributed by atoms with Crippen molar-refractivity contribution in [3.63, 3.8) is 0 Å². The average Bonchev–Trinajstić information content (AvgIpc) is 0.942. The van der Waals surface area contributed by atoms with Crippen LogP contribution >= 0.6 is 0 Å². The molecular formula is C124H102BN5. The third-order valence-electron chi connectivity index (χ3n) is 27.8. The van der Waals surface area contributed by atoms with Crippen molar-refractivity contribution in [3.8, 4) is 95.0 Å². The van der Waals surface area contributed by atoms with Gasteiger partial charge in [0.25, 0.3) is 6.71 Å². The molecule has 6 heteroatoms. The van der Waals surface area contributed by atoms with E-state index in [-0.39, 0.29) is 21.7 Å². The summed E-state index contributed by atoms with van der Waals surface area (Å²) in [6, 6.07) is 154. The zero-order valence-electron chi connectivity index (χ0n) is 75.9. The Balaban J connectivity index is 0.912. The van der Waals surface area contributed by atoms with E-state index in [1.807, 2.05) is 0 Å². The summed E-state index contributed by atoms with van der Waals surface area (Å²) >= 11 is 0. The smallest absolute Gasteiger partial charge is 0.252 e. The van der Waals surface area contributed by atoms with Gasteiger partial charge < -0.3 is 23.5 Å². The summed E-state index contributed by atoms with van der Waals surface area (Å²) in [5.41, 5.74) is 40.9. The van der Waals surface area contributed by atoms with Gasteiger partial charge in [-0.1, -0.05) is 380 Å². The van der Waals surface area contributed by atoms with Crippen LogP contribution in [-0.2, 0) is 21.7 Å². The third-order valence-corrected chi connectivity index (χ3v) is 27.8. The predicted octanol–water partition coefficient (Wildman–Crippen LogP) is 31.9. The fourth-order valence-corrected chi connectivity index (χ4v) is 21.3. The van der Waals surface area contributed by atoms with Crippen LogP contribution < -0.4 is 26.2 Å². The van der Waals surface area contributed by atoms with Gasteiger partial charge in [0.1, 0.15) is 0 Å². The molecule has 0 atom stereocenters. The maximum Gasteiger partial charge on any atom is 0.252 e. The summed E-state index contributed by atoms with van der Waals surface area (Å²) < 4.78 is 7.37. The first kappa shape index (κ1) is 79.7. The molecule has 21 aromatic rings. The second kappa shape index (κ2) is 30.4. The number of nitrogens with zero attached hydrogens (tertiary/aromatic N) is 5. The number of fused-ring (bicyclic) bond motifs is 13. The first-order valence-electron chi connectivity index (χ1n) is 46.1. The molecule has 0 amide bonds. The van der Waals surface area contributed by atoms with E-state index in [0.717, 1.165) is 151 Å². The van der Waals surface area contributed by atoms with Crippen LogP contribution in [-0.4, -0.2) is 20.4 Å². The highest BCUT2D eigenvalue weighted by Crippen LogP contribution is 2.56. The van der Waals surface area contributed by atoms with Crippen molar-refractivity contribution in [2.45, 2.75) is 105 Å². The van der Waals surface area contributed by atoms with Crippen molar-refractivity contribution in [2.24, 2.45) is 0 Å². The molecule has 0 spiro atoms. The van der Waals surface area contributed by atoms with Gasteiger partial charge in [-0.3, -0.25) is 0 Å². The highest BCUT2D eigenvalue weighted by Gasteiger charge is 2.47. The molecule has 2 aliphatic rings. The van der Waals surface area contributed by atoms with Crippen LogP contribution in [0.2, 0.25) is 0 Å². The van der Waals surface area contributed by atoms with Gasteiger partial charge >= 0.3 is 0 Å². The minimum absolute atomic E-state index is 0.161. The molecule has 0 saturated carbocycles. The SMILES string of the molecule is CC(C)(C)c1cccc(-c2cccc(-c3cccc(C(C)(C)C)c3)c2N2c3ccc(-c4cccc5c4c4ccccc4n5-c4ccccc4)cc3B3c4cc(-c5cccc6c5c5ccccc5n6-c5ccccc5)ccc4N(c4c(-c5cccc(C(C)(C)C)c5)cccc4-c4cccc(C(C)(C)C)c4)c4cc(-c5ccc6c(c5)c5ccccc5n6-c5ccccc5)cc2c43)c1. The zero-order valence-corrected chi connectivity index (χ0v) is 75.9. The van der Waals surface area contributed by atoms with Gasteiger partial charge in [0, 0.05) is 94.4 Å². The lowest BCUT2D eigenvalue weighted by molar-refractivity contribution is 0.590. The highest BCUT2D eigenvalue weighted by molar-refractivity contribution is 7.00. The van der Waals surface area contributed by atoms with E-state index in [9.17, 15) is 0 Å². The van der Waals surface area contributed by atoms with Crippen LogP contribution in [0.25, 0.3) is 160 Å². The largest absolute Gasteiger partial charge is 0.310 e. The van der Waals surface area contributed by atoms with Crippen molar-refractivity contribution in [1.29, 1.82) is 0 Å². The molecule has 3 aromatic heterocycles. The van der Waals surface area contributed by atoms with Gasteiger partial charge in [-0.2, -0.15) is 0 Å². The van der Waals surface area contributed by atoms with E-state index in [1.165, 1.54) is 82.1 Å². The summed E-state index contributed by atoms with van der Waals surface area (Å²) in [7, 11) is 0. The van der Waals surface area contributed by atoms with Crippen molar-refractivity contribution < 1.29 is 0 Å². The Morgan fingerprint density at radius 1 is 0.192 bits per heavy atom. The molecule has 626 valence electrons. The first-order chi connectivity index (χ1) is 63.1. The van der Waals surface area contributed by atoms with Crippen molar-refractivity contribution in [2.75, 3.05) is 9.80 Å². The van der Waals surface area contributed by atoms with E-state index < -0.39 is 6.71 Å². The van der Waals surface area contributed by atoms with Crippen LogP contribution in [0.15, 0.2) is 400 Å². The van der Waals surface area contributed by atoms with Crippen LogP contribution in [0, 0.1) is 0 Å². The van der Waals surface area contributed by atoms with Crippen LogP contribution in [0.3, 0.4) is 0 Å². The maximum absolute atomic E-state index is 2.76. The normalized spacial score (nSPS) is 12.9. The van der Waals surface area contributed by atoms with E-state index >= 15 is 0 Å². The van der Waals surface area contributed by atoms with Crippen LogP contribution in [0.4, 0.5) is 34.1 Å². The molecule has 18 aromatic carbocycles. The summed E-state index contributed by atoms with van der Waals surface area (Å²) in [5, 5.41) is 7.21. The monoisotopic (exact) mass is 1670 g/mol. The number of para-hydroxylation sites is 8. The molecule has 130 heavy (non-hydrogen) atoms. The summed E-state index contributed by atoms with van der Waals surface area (Å²) in [6.45, 7) is 27.8. The molecule has 2 aliphatic heterocycles. The third kappa shape index (κ3) is 13.1. The molecule has 23 rings (SSSR count). The van der Waals surface area contributed by atoms with E-state index in [0.29, 0.717) is 0 Å². The predicted molar refractivity (Wildman–Crippen MR) is 556 cm³/mol. The average molecular weight is 1670 g/mol. The quantitative estimate of drug-likeness (QED) is 0.114. The molecule has 0 radical (unpaired) electrons. The first-order valence-corrected chi connectivity index (χ1v) is 46.1. The van der Waals surface area contributed by atoms with E-state index in [4.69, 9.17) is 0 Å². The summed E-state index contributed by atoms with van der Waals surface area (Å²) in [6.07, 6.45) is 0. The molecule has 0 N–H and O–H groups in total. The van der Waals surface area contributed by atoms with Gasteiger partial charge in [-0.25, -0.2) is 0 Å². The number of anilines is 6. The Bertz CT molecular complexity index is 7600. The summed E-state index contributed by atoms with van der Waals surface area (Å²) in [4.78, 5) is 5.52. The lowest BCUT2D eigenvalue weighted by Crippen LogP contribution is -2.61. The number of aromatic nitrogens is 3. The lowest BCUT2D eigenvalue weighted by atomic mass is 9.33. The van der Waals surface area contributed by atoms with Gasteiger partial charge in [0.2, 0.25) is 0 Å². The molecule has 5 heterocycles. The van der Waals surface area contributed by atoms with Gasteiger partial charge in [0.05, 0.1) is 44.5 Å². The van der Waals surface area contributed by atoms with Crippen molar-refractivity contribution in [3.05, 3.63) is 423 Å². The molecule has 0 bridgehead atoms. The molecule has 0 unspecified atom stereocenters. The standard InChI is InChI=1S/C124H102BN5/c1-121(2,3)87-40-28-36-80(70-87)96-55-32-56-97(81-37-29-41-88(71-81)122(4,5)6)119(96)129-110-68-65-84(94-53-34-62-112-116(94)101-51-23-26-60-107(101)127(112)92-46-18-14-19-47-92)75-104(110)125-105-76-85(95-54-35-63-113-117(95)102-52-24-27-61-108(102)128(113)93-48-20-15-21-49-93)66-69-111(105)130(120-98(82-38-30-42-89(72-82)123(7,8)9)57-33-58-99(120)83-39-31-43-90(73-83)124(10,11)12)115-78-86(77-114(129)118(115)125)79-64-67-109-103(74-79)100-50-22-25-59-106(100)126(109)91-44-16-13-17-45-91/h13-78H,1-12H3. The maximum atomic E-state index is 2.76. The van der Waals surface area contributed by atoms with Crippen molar-refractivity contribution in [1.82, 2.24) is 13.7 Å². The number of hydrogen-bond acceptors (Lipinski definition) is 2. The van der Waals surface area contributed by atoms with Crippen molar-refractivity contribution >= 4 is 123 Å². The lowest BCUT2D eigenvalue weighted by Gasteiger charge is -2.46. The summed E-state index contributed by atoms with van der Waals surface area (Å²) in [5.74, 6) is 0. The van der Waals surface area contributed by atoms with E-state index in [1.54, 1.807) is 0 Å². The van der Waals surface area contributed by atoms with Gasteiger partial charge in [-0.05, 0) is 219 Å². The Hall–Kier alpha value is -15.0. The minimum atomic E-state index is -0.398. The van der Waals surface area contributed by atoms with Gasteiger partial charge in [-0.15, -0.1) is 0 Å². The second-order valence-electron chi connectivity index (χ2n) is 40.0. The van der Waals surface area contributed by atoms with Crippen LogP contribution in [0.5, 0.6) is 0 Å². The topological polar surface area (TPSA) is 21.3 Å². The highest BCUT2D eigenvalue weighted by atomic mass is 15.2. The second-order valence-corrected chi connectivity index (χ2v) is 40.0. The molecular weight excluding hydrogens is 1570 g/mol. The number of hydrogen-bond donors (Lipinski definition) is 0. The Kier molecular flexibility index (Phi) is 18.6. The number of rotatable bonds is 12. The number of benzene rings is 18. The molecule has 0 aliphatic carbocycles.